The van der Waals surface area contributed by atoms with Crippen LogP contribution in [0.3, 0.4) is 0 Å². The molecule has 0 saturated heterocycles. The van der Waals surface area contributed by atoms with Gasteiger partial charge in [0.25, 0.3) is 10.0 Å². The first-order chi connectivity index (χ1) is 14.4. The Hall–Kier alpha value is -3.59. The fourth-order valence-corrected chi connectivity index (χ4v) is 3.86. The average molecular weight is 426 g/mol. The number of nitrogens with one attached hydrogen (secondary N) is 2. The Morgan fingerprint density at radius 2 is 1.77 bits per heavy atom. The molecular weight excluding hydrogens is 404 g/mol. The zero-order chi connectivity index (χ0) is 21.6. The molecule has 30 heavy (non-hydrogen) atoms. The summed E-state index contributed by atoms with van der Waals surface area (Å²) in [6.07, 6.45) is 3.32. The molecule has 0 aliphatic heterocycles. The number of anilines is 2. The lowest BCUT2D eigenvalue weighted by Gasteiger charge is -2.20. The number of hydrogen-bond acceptors (Lipinski definition) is 5. The third-order valence-corrected chi connectivity index (χ3v) is 6.18. The highest BCUT2D eigenvalue weighted by Crippen LogP contribution is 2.25. The molecule has 156 valence electrons. The number of nitrogens with zero attached hydrogens (tertiary/aromatic N) is 2. The first-order valence-corrected chi connectivity index (χ1v) is 10.5. The predicted molar refractivity (Wildman–Crippen MR) is 115 cm³/mol. The van der Waals surface area contributed by atoms with Crippen molar-refractivity contribution < 1.29 is 17.9 Å². The van der Waals surface area contributed by atoms with Crippen molar-refractivity contribution in [1.82, 2.24) is 10.3 Å². The SMILES string of the molecule is COc1ccc(N(C)S(=O)(=O)c2ccc(NC(=O)NCc3cccnc3)cc2)cc1. The van der Waals surface area contributed by atoms with E-state index in [4.69, 9.17) is 4.74 Å². The zero-order valence-electron chi connectivity index (χ0n) is 16.6. The maximum Gasteiger partial charge on any atom is 0.319 e. The molecule has 0 atom stereocenters. The van der Waals surface area contributed by atoms with Crippen LogP contribution in [0.2, 0.25) is 0 Å². The molecule has 2 aromatic carbocycles. The predicted octanol–water partition coefficient (Wildman–Crippen LogP) is 3.24. The largest absolute Gasteiger partial charge is 0.497 e. The molecule has 0 unspecified atom stereocenters. The minimum atomic E-state index is -3.75. The monoisotopic (exact) mass is 426 g/mol. The number of urea groups is 1. The van der Waals surface area contributed by atoms with Crippen molar-refractivity contribution >= 4 is 27.4 Å². The van der Waals surface area contributed by atoms with Crippen molar-refractivity contribution in [2.75, 3.05) is 23.8 Å². The second-order valence-corrected chi connectivity index (χ2v) is 8.33. The molecule has 0 bridgehead atoms. The molecule has 2 amide bonds. The molecule has 9 heteroatoms. The van der Waals surface area contributed by atoms with E-state index in [1.54, 1.807) is 62.0 Å². The van der Waals surface area contributed by atoms with Gasteiger partial charge in [0.15, 0.2) is 0 Å². The lowest BCUT2D eigenvalue weighted by Crippen LogP contribution is -2.28. The normalized spacial score (nSPS) is 10.9. The lowest BCUT2D eigenvalue weighted by atomic mass is 10.3. The Kier molecular flexibility index (Phi) is 6.53. The van der Waals surface area contributed by atoms with Crippen molar-refractivity contribution in [2.45, 2.75) is 11.4 Å². The highest BCUT2D eigenvalue weighted by molar-refractivity contribution is 7.92. The van der Waals surface area contributed by atoms with Gasteiger partial charge in [-0.2, -0.15) is 0 Å². The molecule has 2 N–H and O–H groups in total. The van der Waals surface area contributed by atoms with E-state index in [1.165, 1.54) is 23.5 Å². The Labute approximate surface area is 175 Å². The summed E-state index contributed by atoms with van der Waals surface area (Å²) in [6.45, 7) is 0.332. The molecule has 0 fully saturated rings. The molecule has 0 saturated carbocycles. The molecule has 0 aliphatic rings. The summed E-state index contributed by atoms with van der Waals surface area (Å²) >= 11 is 0. The Bertz CT molecular complexity index is 1090. The number of sulfonamides is 1. The van der Waals surface area contributed by atoms with Crippen molar-refractivity contribution in [2.24, 2.45) is 0 Å². The Balaban J connectivity index is 1.64. The smallest absolute Gasteiger partial charge is 0.319 e. The van der Waals surface area contributed by atoms with Gasteiger partial charge in [-0.25, -0.2) is 13.2 Å². The van der Waals surface area contributed by atoms with E-state index in [1.807, 2.05) is 6.07 Å². The van der Waals surface area contributed by atoms with Gasteiger partial charge in [0.2, 0.25) is 0 Å². The minimum absolute atomic E-state index is 0.113. The van der Waals surface area contributed by atoms with Crippen LogP contribution in [0.1, 0.15) is 5.56 Å². The third kappa shape index (κ3) is 5.06. The maximum absolute atomic E-state index is 12.9. The van der Waals surface area contributed by atoms with Gasteiger partial charge in [-0.1, -0.05) is 6.07 Å². The number of amides is 2. The summed E-state index contributed by atoms with van der Waals surface area (Å²) in [4.78, 5) is 16.1. The summed E-state index contributed by atoms with van der Waals surface area (Å²) in [5, 5.41) is 5.39. The van der Waals surface area contributed by atoms with Gasteiger partial charge in [-0.3, -0.25) is 9.29 Å². The van der Waals surface area contributed by atoms with Gasteiger partial charge < -0.3 is 15.4 Å². The van der Waals surface area contributed by atoms with Gasteiger partial charge in [-0.05, 0) is 60.2 Å². The van der Waals surface area contributed by atoms with E-state index in [9.17, 15) is 13.2 Å². The second-order valence-electron chi connectivity index (χ2n) is 6.36. The molecule has 3 rings (SSSR count). The van der Waals surface area contributed by atoms with Crippen molar-refractivity contribution in [1.29, 1.82) is 0 Å². The van der Waals surface area contributed by atoms with E-state index in [0.29, 0.717) is 23.7 Å². The van der Waals surface area contributed by atoms with E-state index in [2.05, 4.69) is 15.6 Å². The van der Waals surface area contributed by atoms with E-state index in [0.717, 1.165) is 5.56 Å². The first kappa shape index (κ1) is 21.1. The number of aromatic nitrogens is 1. The summed E-state index contributed by atoms with van der Waals surface area (Å²) in [6, 6.07) is 15.9. The van der Waals surface area contributed by atoms with Gasteiger partial charge in [0, 0.05) is 31.7 Å². The maximum atomic E-state index is 12.9. The number of hydrogen-bond donors (Lipinski definition) is 2. The number of carbonyl (C=O) groups excluding carboxylic acids is 1. The van der Waals surface area contributed by atoms with Crippen LogP contribution in [-0.2, 0) is 16.6 Å². The Morgan fingerprint density at radius 1 is 1.07 bits per heavy atom. The summed E-state index contributed by atoms with van der Waals surface area (Å²) < 4.78 is 32.0. The van der Waals surface area contributed by atoms with Crippen molar-refractivity contribution in [3.8, 4) is 5.75 Å². The molecular formula is C21H22N4O4S. The molecule has 0 aliphatic carbocycles. The standard InChI is InChI=1S/C21H22N4O4S/c1-25(18-7-9-19(29-2)10-8-18)30(27,28)20-11-5-17(6-12-20)24-21(26)23-15-16-4-3-13-22-14-16/h3-14H,15H2,1-2H3,(H2,23,24,26). The van der Waals surface area contributed by atoms with Gasteiger partial charge >= 0.3 is 6.03 Å². The van der Waals surface area contributed by atoms with E-state index >= 15 is 0 Å². The fourth-order valence-electron chi connectivity index (χ4n) is 2.66. The van der Waals surface area contributed by atoms with E-state index in [-0.39, 0.29) is 4.90 Å². The summed E-state index contributed by atoms with van der Waals surface area (Å²) in [5.74, 6) is 0.641. The molecule has 1 heterocycles. The number of rotatable bonds is 7. The quantitative estimate of drug-likeness (QED) is 0.604. The van der Waals surface area contributed by atoms with Crippen LogP contribution in [-0.4, -0.2) is 33.6 Å². The zero-order valence-corrected chi connectivity index (χ0v) is 17.4. The van der Waals surface area contributed by atoms with Crippen LogP contribution in [0, 0.1) is 0 Å². The van der Waals surface area contributed by atoms with Crippen molar-refractivity contribution in [3.05, 3.63) is 78.6 Å². The molecule has 3 aromatic rings. The first-order valence-electron chi connectivity index (χ1n) is 9.07. The second kappa shape index (κ2) is 9.27. The molecule has 8 nitrogen and oxygen atoms in total. The highest BCUT2D eigenvalue weighted by Gasteiger charge is 2.21. The number of pyridine rings is 1. The van der Waals surface area contributed by atoms with Crippen LogP contribution in [0.5, 0.6) is 5.75 Å². The summed E-state index contributed by atoms with van der Waals surface area (Å²) in [7, 11) is -0.719. The highest BCUT2D eigenvalue weighted by atomic mass is 32.2. The van der Waals surface area contributed by atoms with Crippen LogP contribution < -0.4 is 19.7 Å². The van der Waals surface area contributed by atoms with Gasteiger partial charge in [-0.15, -0.1) is 0 Å². The van der Waals surface area contributed by atoms with Gasteiger partial charge in [0.05, 0.1) is 17.7 Å². The fraction of sp³-hybridized carbons (Fsp3) is 0.143. The van der Waals surface area contributed by atoms with Crippen molar-refractivity contribution in [3.63, 3.8) is 0 Å². The van der Waals surface area contributed by atoms with Crippen LogP contribution in [0.25, 0.3) is 0 Å². The van der Waals surface area contributed by atoms with Crippen LogP contribution in [0.15, 0.2) is 78.0 Å². The topological polar surface area (TPSA) is 101 Å². The van der Waals surface area contributed by atoms with Gasteiger partial charge in [0.1, 0.15) is 5.75 Å². The molecule has 0 spiro atoms. The van der Waals surface area contributed by atoms with Crippen LogP contribution >= 0.6 is 0 Å². The average Bonchev–Trinajstić information content (AvgIpc) is 2.78. The number of carbonyl (C=O) groups is 1. The third-order valence-electron chi connectivity index (χ3n) is 4.38. The minimum Gasteiger partial charge on any atom is -0.497 e. The Morgan fingerprint density at radius 3 is 2.37 bits per heavy atom. The number of ether oxygens (including phenoxy) is 1. The number of benzene rings is 2. The lowest BCUT2D eigenvalue weighted by molar-refractivity contribution is 0.251. The molecule has 1 aromatic heterocycles. The van der Waals surface area contributed by atoms with Crippen LogP contribution in [0.4, 0.5) is 16.2 Å². The molecule has 0 radical (unpaired) electrons. The number of methoxy groups -OCH3 is 1. The summed E-state index contributed by atoms with van der Waals surface area (Å²) in [5.41, 5.74) is 1.85. The van der Waals surface area contributed by atoms with E-state index < -0.39 is 16.1 Å².